The standard InChI is InChI=1S/C12H10N2O3.ClH/c13-9-4-6-11(7-5-9)17-12-3-1-2-10(8-12)14(15)16;/h1-8H,13H2;1H. The lowest BCUT2D eigenvalue weighted by Crippen LogP contribution is -1.90. The van der Waals surface area contributed by atoms with Crippen LogP contribution < -0.4 is 10.5 Å². The fourth-order valence-electron chi connectivity index (χ4n) is 1.33. The monoisotopic (exact) mass is 266 g/mol. The highest BCUT2D eigenvalue weighted by molar-refractivity contribution is 5.85. The molecule has 0 aliphatic rings. The number of rotatable bonds is 3. The minimum Gasteiger partial charge on any atom is -0.457 e. The molecule has 0 bridgehead atoms. The molecule has 0 fully saturated rings. The Morgan fingerprint density at radius 1 is 1.06 bits per heavy atom. The van der Waals surface area contributed by atoms with Gasteiger partial charge in [-0.3, -0.25) is 10.1 Å². The van der Waals surface area contributed by atoms with Crippen LogP contribution >= 0.6 is 12.4 Å². The average Bonchev–Trinajstić information content (AvgIpc) is 2.32. The van der Waals surface area contributed by atoms with Crippen molar-refractivity contribution >= 4 is 23.8 Å². The van der Waals surface area contributed by atoms with Gasteiger partial charge in [-0.25, -0.2) is 0 Å². The van der Waals surface area contributed by atoms with Crippen LogP contribution in [0.1, 0.15) is 0 Å². The van der Waals surface area contributed by atoms with Gasteiger partial charge in [-0.1, -0.05) is 6.07 Å². The van der Waals surface area contributed by atoms with Crippen molar-refractivity contribution in [1.29, 1.82) is 0 Å². The fraction of sp³-hybridized carbons (Fsp3) is 0. The first kappa shape index (κ1) is 13.8. The number of ether oxygens (including phenoxy) is 1. The van der Waals surface area contributed by atoms with E-state index in [9.17, 15) is 10.1 Å². The highest BCUT2D eigenvalue weighted by Gasteiger charge is 2.06. The summed E-state index contributed by atoms with van der Waals surface area (Å²) >= 11 is 0. The van der Waals surface area contributed by atoms with Crippen molar-refractivity contribution in [1.82, 2.24) is 0 Å². The van der Waals surface area contributed by atoms with Crippen molar-refractivity contribution in [3.8, 4) is 11.5 Å². The molecule has 18 heavy (non-hydrogen) atoms. The predicted octanol–water partition coefficient (Wildman–Crippen LogP) is 3.39. The number of benzene rings is 2. The van der Waals surface area contributed by atoms with E-state index in [1.165, 1.54) is 12.1 Å². The number of non-ortho nitro benzene ring substituents is 1. The highest BCUT2D eigenvalue weighted by Crippen LogP contribution is 2.25. The lowest BCUT2D eigenvalue weighted by Gasteiger charge is -2.05. The van der Waals surface area contributed by atoms with Crippen molar-refractivity contribution in [3.05, 3.63) is 58.6 Å². The van der Waals surface area contributed by atoms with Crippen molar-refractivity contribution in [2.24, 2.45) is 0 Å². The summed E-state index contributed by atoms with van der Waals surface area (Å²) in [6.45, 7) is 0. The molecule has 2 rings (SSSR count). The third kappa shape index (κ3) is 3.36. The minimum absolute atomic E-state index is 0. The molecule has 6 heteroatoms. The van der Waals surface area contributed by atoms with E-state index < -0.39 is 4.92 Å². The molecule has 0 aliphatic heterocycles. The van der Waals surface area contributed by atoms with Crippen LogP contribution in [0.15, 0.2) is 48.5 Å². The molecule has 2 aromatic rings. The second-order valence-electron chi connectivity index (χ2n) is 3.43. The van der Waals surface area contributed by atoms with Crippen LogP contribution in [0.25, 0.3) is 0 Å². The van der Waals surface area contributed by atoms with Gasteiger partial charge in [0.25, 0.3) is 5.69 Å². The van der Waals surface area contributed by atoms with E-state index in [4.69, 9.17) is 10.5 Å². The molecular weight excluding hydrogens is 256 g/mol. The van der Waals surface area contributed by atoms with Crippen LogP contribution in [0.4, 0.5) is 11.4 Å². The zero-order chi connectivity index (χ0) is 12.3. The van der Waals surface area contributed by atoms with Crippen molar-refractivity contribution < 1.29 is 9.66 Å². The molecule has 0 aliphatic carbocycles. The third-order valence-corrected chi connectivity index (χ3v) is 2.14. The molecule has 0 spiro atoms. The van der Waals surface area contributed by atoms with Crippen molar-refractivity contribution in [2.75, 3.05) is 5.73 Å². The Morgan fingerprint density at radius 2 is 1.72 bits per heavy atom. The highest BCUT2D eigenvalue weighted by atomic mass is 35.5. The summed E-state index contributed by atoms with van der Waals surface area (Å²) in [5.41, 5.74) is 6.17. The summed E-state index contributed by atoms with van der Waals surface area (Å²) in [6.07, 6.45) is 0. The van der Waals surface area contributed by atoms with E-state index >= 15 is 0 Å². The molecule has 0 saturated carbocycles. The van der Waals surface area contributed by atoms with Gasteiger partial charge in [-0.05, 0) is 30.3 Å². The molecule has 0 radical (unpaired) electrons. The van der Waals surface area contributed by atoms with Gasteiger partial charge in [0.1, 0.15) is 11.5 Å². The van der Waals surface area contributed by atoms with Crippen LogP contribution in [0.3, 0.4) is 0 Å². The number of hydrogen-bond acceptors (Lipinski definition) is 4. The molecule has 0 aromatic heterocycles. The van der Waals surface area contributed by atoms with Gasteiger partial charge < -0.3 is 10.5 Å². The summed E-state index contributed by atoms with van der Waals surface area (Å²) in [7, 11) is 0. The molecule has 0 saturated heterocycles. The topological polar surface area (TPSA) is 78.4 Å². The number of anilines is 1. The van der Waals surface area contributed by atoms with Gasteiger partial charge >= 0.3 is 0 Å². The maximum atomic E-state index is 10.6. The van der Waals surface area contributed by atoms with E-state index in [-0.39, 0.29) is 18.1 Å². The summed E-state index contributed by atoms with van der Waals surface area (Å²) in [5, 5.41) is 10.6. The van der Waals surface area contributed by atoms with Crippen LogP contribution in [0, 0.1) is 10.1 Å². The second-order valence-corrected chi connectivity index (χ2v) is 3.43. The van der Waals surface area contributed by atoms with Crippen LogP contribution in [-0.2, 0) is 0 Å². The maximum absolute atomic E-state index is 10.6. The lowest BCUT2D eigenvalue weighted by atomic mass is 10.3. The molecule has 94 valence electrons. The second kappa shape index (κ2) is 5.88. The number of nitro benzene ring substituents is 1. The Bertz CT molecular complexity index is 543. The molecule has 0 atom stereocenters. The maximum Gasteiger partial charge on any atom is 0.273 e. The number of halogens is 1. The number of nitrogen functional groups attached to an aromatic ring is 1. The van der Waals surface area contributed by atoms with E-state index in [2.05, 4.69) is 0 Å². The zero-order valence-electron chi connectivity index (χ0n) is 9.28. The van der Waals surface area contributed by atoms with Crippen LogP contribution in [-0.4, -0.2) is 4.92 Å². The van der Waals surface area contributed by atoms with E-state index in [0.29, 0.717) is 17.2 Å². The summed E-state index contributed by atoms with van der Waals surface area (Å²) in [4.78, 5) is 10.1. The molecular formula is C12H11ClN2O3. The number of hydrogen-bond donors (Lipinski definition) is 1. The minimum atomic E-state index is -0.462. The van der Waals surface area contributed by atoms with E-state index in [1.807, 2.05) is 0 Å². The molecule has 2 aromatic carbocycles. The SMILES string of the molecule is Cl.Nc1ccc(Oc2cccc([N+](=O)[O-])c2)cc1. The average molecular weight is 267 g/mol. The lowest BCUT2D eigenvalue weighted by molar-refractivity contribution is -0.384. The Balaban J connectivity index is 0.00000162. The molecule has 0 heterocycles. The van der Waals surface area contributed by atoms with E-state index in [1.54, 1.807) is 36.4 Å². The number of nitrogens with two attached hydrogens (primary N) is 1. The first-order valence-electron chi connectivity index (χ1n) is 4.93. The Labute approximate surface area is 110 Å². The van der Waals surface area contributed by atoms with Gasteiger partial charge in [0, 0.05) is 11.8 Å². The van der Waals surface area contributed by atoms with Gasteiger partial charge in [0.15, 0.2) is 0 Å². The first-order chi connectivity index (χ1) is 8.15. The Kier molecular flexibility index (Phi) is 4.51. The molecule has 5 nitrogen and oxygen atoms in total. The van der Waals surface area contributed by atoms with Crippen LogP contribution in [0.2, 0.25) is 0 Å². The van der Waals surface area contributed by atoms with Gasteiger partial charge in [-0.15, -0.1) is 12.4 Å². The Hall–Kier alpha value is -2.27. The fourth-order valence-corrected chi connectivity index (χ4v) is 1.33. The molecule has 2 N–H and O–H groups in total. The largest absolute Gasteiger partial charge is 0.457 e. The predicted molar refractivity (Wildman–Crippen MR) is 71.3 cm³/mol. The summed E-state index contributed by atoms with van der Waals surface area (Å²) < 4.78 is 5.46. The third-order valence-electron chi connectivity index (χ3n) is 2.14. The van der Waals surface area contributed by atoms with Gasteiger partial charge in [-0.2, -0.15) is 0 Å². The van der Waals surface area contributed by atoms with Crippen molar-refractivity contribution in [2.45, 2.75) is 0 Å². The summed E-state index contributed by atoms with van der Waals surface area (Å²) in [6, 6.07) is 12.8. The Morgan fingerprint density at radius 3 is 2.33 bits per heavy atom. The zero-order valence-corrected chi connectivity index (χ0v) is 10.1. The summed E-state index contributed by atoms with van der Waals surface area (Å²) in [5.74, 6) is 1.00. The first-order valence-corrected chi connectivity index (χ1v) is 4.93. The van der Waals surface area contributed by atoms with Crippen molar-refractivity contribution in [3.63, 3.8) is 0 Å². The van der Waals surface area contributed by atoms with Gasteiger partial charge in [0.05, 0.1) is 11.0 Å². The number of nitrogens with zero attached hydrogens (tertiary/aromatic N) is 1. The normalized spacial score (nSPS) is 9.33. The molecule has 0 amide bonds. The van der Waals surface area contributed by atoms with Crippen LogP contribution in [0.5, 0.6) is 11.5 Å². The smallest absolute Gasteiger partial charge is 0.273 e. The molecule has 0 unspecified atom stereocenters. The quantitative estimate of drug-likeness (QED) is 0.525. The van der Waals surface area contributed by atoms with E-state index in [0.717, 1.165) is 0 Å². The number of nitro groups is 1. The van der Waals surface area contributed by atoms with Gasteiger partial charge in [0.2, 0.25) is 0 Å².